The van der Waals surface area contributed by atoms with E-state index in [-0.39, 0.29) is 23.7 Å². The maximum absolute atomic E-state index is 12.5. The van der Waals surface area contributed by atoms with E-state index in [0.717, 1.165) is 10.5 Å². The molecule has 1 aromatic heterocycles. The fourth-order valence-electron chi connectivity index (χ4n) is 2.24. The third-order valence-electron chi connectivity index (χ3n) is 3.22. The number of hydrogen-bond acceptors (Lipinski definition) is 6. The summed E-state index contributed by atoms with van der Waals surface area (Å²) in [5.74, 6) is -0.528. The van der Waals surface area contributed by atoms with Crippen molar-refractivity contribution < 1.29 is 17.9 Å². The summed E-state index contributed by atoms with van der Waals surface area (Å²) >= 11 is 0. The number of carbonyl (C=O) groups is 1. The minimum atomic E-state index is -3.82. The van der Waals surface area contributed by atoms with Crippen molar-refractivity contribution in [2.45, 2.75) is 30.7 Å². The summed E-state index contributed by atoms with van der Waals surface area (Å²) in [6.07, 6.45) is 2.18. The molecular formula is C13H15N3O4S. The van der Waals surface area contributed by atoms with Crippen LogP contribution in [0.15, 0.2) is 23.2 Å². The number of nitrogens with zero attached hydrogens (tertiary/aromatic N) is 3. The van der Waals surface area contributed by atoms with Gasteiger partial charge < -0.3 is 4.74 Å². The summed E-state index contributed by atoms with van der Waals surface area (Å²) in [5.41, 5.74) is 0.136. The van der Waals surface area contributed by atoms with Gasteiger partial charge in [0.1, 0.15) is 22.7 Å². The molecule has 0 N–H and O–H groups in total. The molecule has 7 nitrogen and oxygen atoms in total. The lowest BCUT2D eigenvalue weighted by molar-refractivity contribution is -0.146. The van der Waals surface area contributed by atoms with Crippen LogP contribution >= 0.6 is 0 Å². The highest BCUT2D eigenvalue weighted by atomic mass is 32.2. The van der Waals surface area contributed by atoms with Crippen LogP contribution in [0.5, 0.6) is 0 Å². The van der Waals surface area contributed by atoms with Crippen LogP contribution < -0.4 is 0 Å². The fraction of sp³-hybridized carbons (Fsp3) is 0.462. The standard InChI is InChI=1S/C13H15N3O4S/c1-2-20-13(17)12-4-3-7-16(12)21(18,19)11-6-5-10(8-14)15-9-11/h5-6,9,12H,2-4,7H2,1H3. The molecule has 1 aliphatic rings. The first-order valence-corrected chi connectivity index (χ1v) is 7.99. The Balaban J connectivity index is 2.29. The predicted molar refractivity (Wildman–Crippen MR) is 72.5 cm³/mol. The number of pyridine rings is 1. The lowest BCUT2D eigenvalue weighted by Crippen LogP contribution is -2.41. The fourth-order valence-corrected chi connectivity index (χ4v) is 3.83. The van der Waals surface area contributed by atoms with Gasteiger partial charge in [-0.25, -0.2) is 13.4 Å². The molecule has 0 aliphatic carbocycles. The molecule has 1 unspecified atom stereocenters. The van der Waals surface area contributed by atoms with Gasteiger partial charge in [0.15, 0.2) is 0 Å². The van der Waals surface area contributed by atoms with E-state index in [1.54, 1.807) is 6.92 Å². The summed E-state index contributed by atoms with van der Waals surface area (Å²) in [4.78, 5) is 15.6. The SMILES string of the molecule is CCOC(=O)C1CCCN1S(=O)(=O)c1ccc(C#N)nc1. The third kappa shape index (κ3) is 3.04. The second-order valence-electron chi connectivity index (χ2n) is 4.52. The Kier molecular flexibility index (Phi) is 4.55. The van der Waals surface area contributed by atoms with Gasteiger partial charge in [0, 0.05) is 12.7 Å². The lowest BCUT2D eigenvalue weighted by atomic mass is 10.2. The molecule has 2 heterocycles. The number of esters is 1. The van der Waals surface area contributed by atoms with Gasteiger partial charge in [-0.15, -0.1) is 0 Å². The highest BCUT2D eigenvalue weighted by Crippen LogP contribution is 2.26. The Labute approximate surface area is 123 Å². The molecule has 21 heavy (non-hydrogen) atoms. The van der Waals surface area contributed by atoms with E-state index in [2.05, 4.69) is 4.98 Å². The van der Waals surface area contributed by atoms with Crippen LogP contribution in [0, 0.1) is 11.3 Å². The monoisotopic (exact) mass is 309 g/mol. The molecule has 1 atom stereocenters. The molecule has 1 aliphatic heterocycles. The van der Waals surface area contributed by atoms with Crippen LogP contribution in [0.1, 0.15) is 25.5 Å². The minimum Gasteiger partial charge on any atom is -0.465 e. The Bertz CT molecular complexity index is 664. The van der Waals surface area contributed by atoms with Crippen molar-refractivity contribution in [1.82, 2.24) is 9.29 Å². The normalized spacial score (nSPS) is 19.1. The van der Waals surface area contributed by atoms with Crippen LogP contribution in [0.25, 0.3) is 0 Å². The number of rotatable bonds is 4. The van der Waals surface area contributed by atoms with Crippen LogP contribution in [-0.2, 0) is 19.6 Å². The Morgan fingerprint density at radius 3 is 2.90 bits per heavy atom. The topological polar surface area (TPSA) is 100 Å². The Morgan fingerprint density at radius 1 is 1.57 bits per heavy atom. The average Bonchev–Trinajstić information content (AvgIpc) is 2.98. The van der Waals surface area contributed by atoms with E-state index in [1.807, 2.05) is 6.07 Å². The molecule has 1 fully saturated rings. The van der Waals surface area contributed by atoms with Crippen molar-refractivity contribution in [3.8, 4) is 6.07 Å². The summed E-state index contributed by atoms with van der Waals surface area (Å²) in [6, 6.07) is 3.70. The number of sulfonamides is 1. The Morgan fingerprint density at radius 2 is 2.33 bits per heavy atom. The van der Waals surface area contributed by atoms with Crippen LogP contribution in [0.2, 0.25) is 0 Å². The van der Waals surface area contributed by atoms with E-state index < -0.39 is 22.0 Å². The molecule has 0 aromatic carbocycles. The van der Waals surface area contributed by atoms with E-state index >= 15 is 0 Å². The number of nitriles is 1. The van der Waals surface area contributed by atoms with E-state index in [0.29, 0.717) is 12.8 Å². The predicted octanol–water partition coefficient (Wildman–Crippen LogP) is 0.669. The molecule has 0 amide bonds. The van der Waals surface area contributed by atoms with Gasteiger partial charge in [0.05, 0.1) is 6.61 Å². The summed E-state index contributed by atoms with van der Waals surface area (Å²) < 4.78 is 31.2. The zero-order valence-electron chi connectivity index (χ0n) is 11.5. The van der Waals surface area contributed by atoms with Crippen molar-refractivity contribution in [2.24, 2.45) is 0 Å². The first-order valence-electron chi connectivity index (χ1n) is 6.55. The largest absolute Gasteiger partial charge is 0.465 e. The second-order valence-corrected chi connectivity index (χ2v) is 6.41. The van der Waals surface area contributed by atoms with Gasteiger partial charge >= 0.3 is 5.97 Å². The number of hydrogen-bond donors (Lipinski definition) is 0. The van der Waals surface area contributed by atoms with E-state index in [4.69, 9.17) is 10.00 Å². The maximum atomic E-state index is 12.5. The van der Waals surface area contributed by atoms with Crippen molar-refractivity contribution in [3.05, 3.63) is 24.0 Å². The minimum absolute atomic E-state index is 0.0299. The molecule has 1 aromatic rings. The first-order chi connectivity index (χ1) is 10.0. The molecule has 0 saturated carbocycles. The van der Waals surface area contributed by atoms with Crippen LogP contribution in [0.4, 0.5) is 0 Å². The van der Waals surface area contributed by atoms with E-state index in [1.165, 1.54) is 12.1 Å². The summed E-state index contributed by atoms with van der Waals surface area (Å²) in [5, 5.41) is 8.68. The second kappa shape index (κ2) is 6.20. The average molecular weight is 309 g/mol. The summed E-state index contributed by atoms with van der Waals surface area (Å²) in [7, 11) is -3.82. The van der Waals surface area contributed by atoms with Crippen LogP contribution in [-0.4, -0.2) is 42.9 Å². The first kappa shape index (κ1) is 15.4. The zero-order chi connectivity index (χ0) is 15.5. The number of carbonyl (C=O) groups excluding carboxylic acids is 1. The molecular weight excluding hydrogens is 294 g/mol. The third-order valence-corrected chi connectivity index (χ3v) is 5.11. The Hall–Kier alpha value is -1.98. The zero-order valence-corrected chi connectivity index (χ0v) is 12.3. The number of ether oxygens (including phenoxy) is 1. The smallest absolute Gasteiger partial charge is 0.324 e. The van der Waals surface area contributed by atoms with Crippen molar-refractivity contribution in [3.63, 3.8) is 0 Å². The molecule has 0 radical (unpaired) electrons. The quantitative estimate of drug-likeness (QED) is 0.758. The highest BCUT2D eigenvalue weighted by molar-refractivity contribution is 7.89. The molecule has 0 spiro atoms. The van der Waals surface area contributed by atoms with Gasteiger partial charge in [0.2, 0.25) is 10.0 Å². The maximum Gasteiger partial charge on any atom is 0.324 e. The van der Waals surface area contributed by atoms with Crippen molar-refractivity contribution in [1.29, 1.82) is 5.26 Å². The molecule has 8 heteroatoms. The van der Waals surface area contributed by atoms with Crippen LogP contribution in [0.3, 0.4) is 0 Å². The molecule has 112 valence electrons. The van der Waals surface area contributed by atoms with E-state index in [9.17, 15) is 13.2 Å². The molecule has 2 rings (SSSR count). The van der Waals surface area contributed by atoms with Gasteiger partial charge in [-0.3, -0.25) is 4.79 Å². The summed E-state index contributed by atoms with van der Waals surface area (Å²) in [6.45, 7) is 2.16. The highest BCUT2D eigenvalue weighted by Gasteiger charge is 2.40. The molecule has 1 saturated heterocycles. The van der Waals surface area contributed by atoms with Gasteiger partial charge in [-0.05, 0) is 31.9 Å². The van der Waals surface area contributed by atoms with Crippen molar-refractivity contribution in [2.75, 3.05) is 13.2 Å². The van der Waals surface area contributed by atoms with Gasteiger partial charge in [-0.2, -0.15) is 9.57 Å². The molecule has 0 bridgehead atoms. The van der Waals surface area contributed by atoms with Crippen molar-refractivity contribution >= 4 is 16.0 Å². The van der Waals surface area contributed by atoms with Gasteiger partial charge in [-0.1, -0.05) is 0 Å². The lowest BCUT2D eigenvalue weighted by Gasteiger charge is -2.22. The van der Waals surface area contributed by atoms with Gasteiger partial charge in [0.25, 0.3) is 0 Å². The number of aromatic nitrogens is 1.